The van der Waals surface area contributed by atoms with Crippen LogP contribution < -0.4 is 11.2 Å². The van der Waals surface area contributed by atoms with Gasteiger partial charge in [-0.1, -0.05) is 0 Å². The van der Waals surface area contributed by atoms with Gasteiger partial charge in [0, 0.05) is 24.7 Å². The minimum atomic E-state index is -1.40. The Morgan fingerprint density at radius 1 is 1.12 bits per heavy atom. The van der Waals surface area contributed by atoms with Crippen LogP contribution in [0.1, 0.15) is 11.8 Å². The monoisotopic (exact) mass is 335 g/mol. The molecule has 0 spiro atoms. The molecule has 0 aromatic carbocycles. The Morgan fingerprint density at radius 2 is 1.83 bits per heavy atom. The normalized spacial score (nSPS) is 26.6. The first-order chi connectivity index (χ1) is 11.5. The van der Waals surface area contributed by atoms with E-state index in [1.54, 1.807) is 24.5 Å². The van der Waals surface area contributed by atoms with Gasteiger partial charge < -0.3 is 20.1 Å². The largest absolute Gasteiger partial charge is 0.394 e. The van der Waals surface area contributed by atoms with Crippen molar-refractivity contribution in [2.75, 3.05) is 6.61 Å². The molecule has 0 radical (unpaired) electrons. The molecule has 3 N–H and O–H groups in total. The Bertz CT molecular complexity index is 818. The second kappa shape index (κ2) is 6.65. The van der Waals surface area contributed by atoms with Crippen LogP contribution in [-0.4, -0.2) is 54.4 Å². The molecule has 1 aliphatic rings. The van der Waals surface area contributed by atoms with Gasteiger partial charge in [-0.2, -0.15) is 0 Å². The lowest BCUT2D eigenvalue weighted by molar-refractivity contribution is -0.0555. The highest BCUT2D eigenvalue weighted by Gasteiger charge is 2.43. The van der Waals surface area contributed by atoms with Crippen LogP contribution in [0.15, 0.2) is 46.4 Å². The fourth-order valence-electron chi connectivity index (χ4n) is 2.65. The maximum atomic E-state index is 12.6. The zero-order valence-electron chi connectivity index (χ0n) is 12.6. The average molecular weight is 335 g/mol. The van der Waals surface area contributed by atoms with E-state index in [4.69, 9.17) is 9.84 Å². The van der Waals surface area contributed by atoms with Crippen molar-refractivity contribution in [3.63, 3.8) is 0 Å². The van der Waals surface area contributed by atoms with Crippen LogP contribution in [0.5, 0.6) is 0 Å². The maximum absolute atomic E-state index is 12.6. The van der Waals surface area contributed by atoms with Crippen LogP contribution in [0.4, 0.5) is 0 Å². The summed E-state index contributed by atoms with van der Waals surface area (Å²) in [6.45, 7) is -0.462. The molecular weight excluding hydrogens is 318 g/mol. The second-order valence-electron chi connectivity index (χ2n) is 5.51. The summed E-state index contributed by atoms with van der Waals surface area (Å²) in [7, 11) is 0. The number of aliphatic hydroxyl groups is 3. The second-order valence-corrected chi connectivity index (χ2v) is 5.51. The summed E-state index contributed by atoms with van der Waals surface area (Å²) in [5.41, 5.74) is -0.475. The summed E-state index contributed by atoms with van der Waals surface area (Å²) >= 11 is 0. The van der Waals surface area contributed by atoms with Crippen LogP contribution in [0.3, 0.4) is 0 Å². The van der Waals surface area contributed by atoms with Gasteiger partial charge in [-0.15, -0.1) is 0 Å². The van der Waals surface area contributed by atoms with Crippen LogP contribution in [0.25, 0.3) is 0 Å². The third-order valence-electron chi connectivity index (χ3n) is 3.98. The molecule has 1 fully saturated rings. The lowest BCUT2D eigenvalue weighted by Gasteiger charge is -2.18. The minimum Gasteiger partial charge on any atom is -0.394 e. The Morgan fingerprint density at radius 3 is 2.46 bits per heavy atom. The van der Waals surface area contributed by atoms with Crippen LogP contribution in [0.2, 0.25) is 0 Å². The van der Waals surface area contributed by atoms with E-state index in [1.807, 2.05) is 0 Å². The third kappa shape index (κ3) is 2.89. The van der Waals surface area contributed by atoms with E-state index in [9.17, 15) is 19.8 Å². The van der Waals surface area contributed by atoms with Crippen molar-refractivity contribution < 1.29 is 20.1 Å². The standard InChI is InChI=1S/C15H17N3O6/c19-8-10-12(21)13(22)14(24-10)17-6-3-11(20)18(15(17)23)7-9-1-4-16-5-2-9/h1-6,10,12-14,19,21-22H,7-8H2/t10-,12?,13+,14-/m1/s1. The molecule has 24 heavy (non-hydrogen) atoms. The average Bonchev–Trinajstić information content (AvgIpc) is 2.88. The van der Waals surface area contributed by atoms with Crippen molar-refractivity contribution >= 4 is 0 Å². The van der Waals surface area contributed by atoms with E-state index < -0.39 is 42.4 Å². The van der Waals surface area contributed by atoms with Crippen LogP contribution >= 0.6 is 0 Å². The Balaban J connectivity index is 1.98. The summed E-state index contributed by atoms with van der Waals surface area (Å²) in [4.78, 5) is 28.5. The molecule has 1 aliphatic heterocycles. The van der Waals surface area contributed by atoms with Gasteiger partial charge in [-0.05, 0) is 17.7 Å². The molecule has 4 atom stereocenters. The highest BCUT2D eigenvalue weighted by molar-refractivity contribution is 5.10. The van der Waals surface area contributed by atoms with Gasteiger partial charge in [0.2, 0.25) is 0 Å². The molecule has 0 bridgehead atoms. The molecule has 9 nitrogen and oxygen atoms in total. The summed E-state index contributed by atoms with van der Waals surface area (Å²) in [5.74, 6) is 0. The molecule has 3 rings (SSSR count). The minimum absolute atomic E-state index is 0.0375. The van der Waals surface area contributed by atoms with Crippen molar-refractivity contribution in [2.24, 2.45) is 0 Å². The number of pyridine rings is 1. The van der Waals surface area contributed by atoms with Crippen molar-refractivity contribution in [2.45, 2.75) is 31.1 Å². The Hall–Kier alpha value is -2.33. The fraction of sp³-hybridized carbons (Fsp3) is 0.400. The molecule has 0 aliphatic carbocycles. The zero-order valence-corrected chi connectivity index (χ0v) is 12.6. The molecule has 2 aromatic rings. The van der Waals surface area contributed by atoms with Gasteiger partial charge in [0.25, 0.3) is 5.56 Å². The number of aliphatic hydroxyl groups excluding tert-OH is 3. The Kier molecular flexibility index (Phi) is 4.58. The number of hydrogen-bond donors (Lipinski definition) is 3. The SMILES string of the molecule is O=c1ccn([C@@H]2O[C@H](CO)C(O)[C@@H]2O)c(=O)n1Cc1ccncc1. The van der Waals surface area contributed by atoms with E-state index in [0.29, 0.717) is 5.56 Å². The van der Waals surface area contributed by atoms with Gasteiger partial charge in [-0.3, -0.25) is 18.9 Å². The number of aromatic nitrogens is 3. The maximum Gasteiger partial charge on any atom is 0.333 e. The van der Waals surface area contributed by atoms with Crippen molar-refractivity contribution in [3.8, 4) is 0 Å². The molecule has 2 aromatic heterocycles. The summed E-state index contributed by atoms with van der Waals surface area (Å²) in [6, 6.07) is 4.53. The topological polar surface area (TPSA) is 127 Å². The van der Waals surface area contributed by atoms with E-state index in [-0.39, 0.29) is 6.54 Å². The smallest absolute Gasteiger partial charge is 0.333 e. The third-order valence-corrected chi connectivity index (χ3v) is 3.98. The van der Waals surface area contributed by atoms with Crippen molar-refractivity contribution in [1.29, 1.82) is 0 Å². The van der Waals surface area contributed by atoms with Gasteiger partial charge >= 0.3 is 5.69 Å². The van der Waals surface area contributed by atoms with E-state index in [1.165, 1.54) is 12.3 Å². The predicted molar refractivity (Wildman–Crippen MR) is 81.3 cm³/mol. The van der Waals surface area contributed by atoms with Crippen LogP contribution in [0, 0.1) is 0 Å². The van der Waals surface area contributed by atoms with E-state index in [0.717, 1.165) is 9.13 Å². The quantitative estimate of drug-likeness (QED) is 0.593. The summed E-state index contributed by atoms with van der Waals surface area (Å²) in [6.07, 6.45) is -0.610. The molecular formula is C15H17N3O6. The number of ether oxygens (including phenoxy) is 1. The van der Waals surface area contributed by atoms with Crippen LogP contribution in [-0.2, 0) is 11.3 Å². The fourth-order valence-corrected chi connectivity index (χ4v) is 2.65. The first-order valence-electron chi connectivity index (χ1n) is 7.36. The van der Waals surface area contributed by atoms with Gasteiger partial charge in [0.1, 0.15) is 18.3 Å². The van der Waals surface area contributed by atoms with E-state index in [2.05, 4.69) is 4.98 Å². The first-order valence-corrected chi connectivity index (χ1v) is 7.36. The highest BCUT2D eigenvalue weighted by Crippen LogP contribution is 2.27. The predicted octanol–water partition coefficient (Wildman–Crippen LogP) is -1.94. The van der Waals surface area contributed by atoms with Crippen molar-refractivity contribution in [1.82, 2.24) is 14.1 Å². The zero-order chi connectivity index (χ0) is 17.3. The van der Waals surface area contributed by atoms with Gasteiger partial charge in [0.05, 0.1) is 13.2 Å². The number of hydrogen-bond acceptors (Lipinski definition) is 7. The lowest BCUT2D eigenvalue weighted by atomic mass is 10.1. The molecule has 128 valence electrons. The summed E-state index contributed by atoms with van der Waals surface area (Å²) in [5, 5.41) is 29.0. The molecule has 1 unspecified atom stereocenters. The van der Waals surface area contributed by atoms with E-state index >= 15 is 0 Å². The number of nitrogens with zero attached hydrogens (tertiary/aromatic N) is 3. The molecule has 0 amide bonds. The lowest BCUT2D eigenvalue weighted by Crippen LogP contribution is -2.43. The molecule has 3 heterocycles. The molecule has 1 saturated heterocycles. The number of rotatable bonds is 4. The molecule has 0 saturated carbocycles. The van der Waals surface area contributed by atoms with Gasteiger partial charge in [-0.25, -0.2) is 4.79 Å². The highest BCUT2D eigenvalue weighted by atomic mass is 16.6. The molecule has 9 heteroatoms. The van der Waals surface area contributed by atoms with Gasteiger partial charge in [0.15, 0.2) is 6.23 Å². The first kappa shape index (κ1) is 16.5. The van der Waals surface area contributed by atoms with Crippen molar-refractivity contribution in [3.05, 3.63) is 63.2 Å². The Labute approximate surface area is 136 Å². The summed E-state index contributed by atoms with van der Waals surface area (Å²) < 4.78 is 7.36.